The molecular weight excluding hydrogens is 388 g/mol. The summed E-state index contributed by atoms with van der Waals surface area (Å²) in [5.74, 6) is 6.21. The Bertz CT molecular complexity index is 856. The first-order chi connectivity index (χ1) is 14.9. The van der Waals surface area contributed by atoms with E-state index in [9.17, 15) is 9.90 Å². The molecule has 1 aliphatic rings. The third kappa shape index (κ3) is 5.57. The van der Waals surface area contributed by atoms with Crippen molar-refractivity contribution in [2.24, 2.45) is 5.84 Å². The Morgan fingerprint density at radius 2 is 1.94 bits per heavy atom. The number of hydrogen-bond donors (Lipinski definition) is 2. The molecule has 1 amide bonds. The Balaban J connectivity index is 1.87. The Morgan fingerprint density at radius 3 is 2.58 bits per heavy atom. The number of rotatable bonds is 8. The number of carbonyl (C=O) groups is 1. The zero-order valence-corrected chi connectivity index (χ0v) is 19.0. The van der Waals surface area contributed by atoms with Crippen LogP contribution >= 0.6 is 0 Å². The first kappa shape index (κ1) is 23.1. The lowest BCUT2D eigenvalue weighted by Gasteiger charge is -2.43. The van der Waals surface area contributed by atoms with Crippen LogP contribution in [0.5, 0.6) is 0 Å². The minimum absolute atomic E-state index is 0.00801. The number of anilines is 2. The fraction of sp³-hybridized carbons (Fsp3) is 0.480. The molecule has 3 N–H and O–H groups in total. The number of aliphatic hydroxyl groups excluding tert-OH is 1. The van der Waals surface area contributed by atoms with Gasteiger partial charge in [-0.05, 0) is 49.9 Å². The van der Waals surface area contributed by atoms with E-state index in [0.717, 1.165) is 43.7 Å². The number of carbonyl (C=O) groups excluding carboxylic acids is 1. The second-order valence-electron chi connectivity index (χ2n) is 8.60. The van der Waals surface area contributed by atoms with Crippen LogP contribution in [0.1, 0.15) is 38.3 Å². The first-order valence-corrected chi connectivity index (χ1v) is 11.3. The maximum atomic E-state index is 12.4. The lowest BCUT2D eigenvalue weighted by Crippen LogP contribution is -2.56. The fourth-order valence-corrected chi connectivity index (χ4v) is 4.32. The number of piperazine rings is 1. The van der Waals surface area contributed by atoms with Crippen molar-refractivity contribution in [3.8, 4) is 0 Å². The molecule has 1 heterocycles. The van der Waals surface area contributed by atoms with E-state index in [2.05, 4.69) is 56.0 Å². The van der Waals surface area contributed by atoms with Crippen molar-refractivity contribution in [2.45, 2.75) is 52.1 Å². The minimum Gasteiger partial charge on any atom is -0.387 e. The van der Waals surface area contributed by atoms with Gasteiger partial charge in [-0.15, -0.1) is 0 Å². The summed E-state index contributed by atoms with van der Waals surface area (Å²) in [6.45, 7) is 7.97. The van der Waals surface area contributed by atoms with Gasteiger partial charge in [-0.2, -0.15) is 0 Å². The molecule has 0 spiro atoms. The fourth-order valence-electron chi connectivity index (χ4n) is 4.32. The molecule has 31 heavy (non-hydrogen) atoms. The molecule has 0 saturated carbocycles. The van der Waals surface area contributed by atoms with Crippen LogP contribution in [-0.4, -0.2) is 54.2 Å². The third-order valence-electron chi connectivity index (χ3n) is 6.04. The molecule has 0 radical (unpaired) electrons. The van der Waals surface area contributed by atoms with E-state index in [-0.39, 0.29) is 18.0 Å². The highest BCUT2D eigenvalue weighted by molar-refractivity contribution is 5.78. The maximum absolute atomic E-state index is 12.4. The molecule has 1 aliphatic heterocycles. The number of aryl methyl sites for hydroxylation is 1. The van der Waals surface area contributed by atoms with Gasteiger partial charge in [-0.3, -0.25) is 4.79 Å². The lowest BCUT2D eigenvalue weighted by atomic mass is 10.0. The molecule has 0 aromatic heterocycles. The summed E-state index contributed by atoms with van der Waals surface area (Å²) >= 11 is 0. The van der Waals surface area contributed by atoms with Gasteiger partial charge in [0.1, 0.15) is 6.61 Å². The number of aliphatic hydroxyl groups is 1. The van der Waals surface area contributed by atoms with Crippen molar-refractivity contribution in [2.75, 3.05) is 36.1 Å². The smallest absolute Gasteiger partial charge is 0.248 e. The van der Waals surface area contributed by atoms with E-state index in [1.807, 2.05) is 28.1 Å². The summed E-state index contributed by atoms with van der Waals surface area (Å²) < 4.78 is 0. The van der Waals surface area contributed by atoms with Gasteiger partial charge in [-0.25, -0.2) is 5.84 Å². The van der Waals surface area contributed by atoms with Gasteiger partial charge in [0.05, 0.1) is 11.7 Å². The number of hydrogen-bond acceptors (Lipinski definition) is 5. The summed E-state index contributed by atoms with van der Waals surface area (Å²) in [5.41, 5.74) is 4.65. The van der Waals surface area contributed by atoms with Gasteiger partial charge in [0, 0.05) is 31.4 Å². The number of benzene rings is 2. The van der Waals surface area contributed by atoms with Crippen molar-refractivity contribution in [3.05, 3.63) is 59.7 Å². The standard InChI is InChI=1S/C25H36N4O2/c1-4-8-21-11-12-22(16-24(21)29(26)19(2)3)27-13-14-28(25(31)18-30)23(17-27)15-20-9-6-5-7-10-20/h5-7,9-12,16,19,23,30H,4,8,13-15,17-18,26H2,1-3H3. The van der Waals surface area contributed by atoms with E-state index in [1.54, 1.807) is 0 Å². The van der Waals surface area contributed by atoms with Crippen molar-refractivity contribution >= 4 is 17.3 Å². The summed E-state index contributed by atoms with van der Waals surface area (Å²) in [6, 6.07) is 17.0. The van der Waals surface area contributed by atoms with Crippen molar-refractivity contribution in [3.63, 3.8) is 0 Å². The van der Waals surface area contributed by atoms with E-state index >= 15 is 0 Å². The van der Waals surface area contributed by atoms with Crippen LogP contribution in [0.2, 0.25) is 0 Å². The van der Waals surface area contributed by atoms with Gasteiger partial charge in [-0.1, -0.05) is 49.7 Å². The Labute approximate surface area is 186 Å². The number of hydrazine groups is 1. The van der Waals surface area contributed by atoms with Crippen LogP contribution in [0.3, 0.4) is 0 Å². The highest BCUT2D eigenvalue weighted by Crippen LogP contribution is 2.30. The monoisotopic (exact) mass is 424 g/mol. The van der Waals surface area contributed by atoms with E-state index in [0.29, 0.717) is 6.54 Å². The number of nitrogens with zero attached hydrogens (tertiary/aromatic N) is 3. The van der Waals surface area contributed by atoms with Crippen LogP contribution in [0.4, 0.5) is 11.4 Å². The lowest BCUT2D eigenvalue weighted by molar-refractivity contribution is -0.136. The van der Waals surface area contributed by atoms with Crippen LogP contribution < -0.4 is 15.8 Å². The molecule has 6 nitrogen and oxygen atoms in total. The topological polar surface area (TPSA) is 73.0 Å². The Morgan fingerprint density at radius 1 is 1.19 bits per heavy atom. The number of nitrogens with two attached hydrogens (primary N) is 1. The molecule has 2 aromatic rings. The quantitative estimate of drug-likeness (QED) is 0.503. The second-order valence-corrected chi connectivity index (χ2v) is 8.60. The van der Waals surface area contributed by atoms with Gasteiger partial charge in [0.15, 0.2) is 0 Å². The molecular formula is C25H36N4O2. The average molecular weight is 425 g/mol. The second kappa shape index (κ2) is 10.6. The van der Waals surface area contributed by atoms with Gasteiger partial charge < -0.3 is 19.9 Å². The molecule has 0 aliphatic carbocycles. The Hall–Kier alpha value is -2.57. The molecule has 1 fully saturated rings. The van der Waals surface area contributed by atoms with Crippen LogP contribution in [0, 0.1) is 0 Å². The maximum Gasteiger partial charge on any atom is 0.248 e. The molecule has 1 saturated heterocycles. The summed E-state index contributed by atoms with van der Waals surface area (Å²) in [6.07, 6.45) is 2.82. The molecule has 6 heteroatoms. The highest BCUT2D eigenvalue weighted by Gasteiger charge is 2.30. The average Bonchev–Trinajstić information content (AvgIpc) is 2.79. The van der Waals surface area contributed by atoms with Crippen molar-refractivity contribution in [1.29, 1.82) is 0 Å². The summed E-state index contributed by atoms with van der Waals surface area (Å²) in [4.78, 5) is 16.5. The summed E-state index contributed by atoms with van der Waals surface area (Å²) in [7, 11) is 0. The third-order valence-corrected chi connectivity index (χ3v) is 6.04. The molecule has 2 aromatic carbocycles. The predicted octanol–water partition coefficient (Wildman–Crippen LogP) is 2.98. The molecule has 168 valence electrons. The largest absolute Gasteiger partial charge is 0.387 e. The Kier molecular flexibility index (Phi) is 7.93. The van der Waals surface area contributed by atoms with Crippen molar-refractivity contribution < 1.29 is 9.90 Å². The van der Waals surface area contributed by atoms with Crippen LogP contribution in [0.15, 0.2) is 48.5 Å². The van der Waals surface area contributed by atoms with E-state index < -0.39 is 6.61 Å². The zero-order chi connectivity index (χ0) is 22.4. The van der Waals surface area contributed by atoms with Gasteiger partial charge >= 0.3 is 0 Å². The van der Waals surface area contributed by atoms with E-state index in [1.165, 1.54) is 11.1 Å². The van der Waals surface area contributed by atoms with Crippen LogP contribution in [0.25, 0.3) is 0 Å². The van der Waals surface area contributed by atoms with Gasteiger partial charge in [0.25, 0.3) is 0 Å². The predicted molar refractivity (Wildman–Crippen MR) is 127 cm³/mol. The molecule has 3 rings (SSSR count). The van der Waals surface area contributed by atoms with E-state index in [4.69, 9.17) is 5.84 Å². The van der Waals surface area contributed by atoms with Crippen molar-refractivity contribution in [1.82, 2.24) is 4.90 Å². The summed E-state index contributed by atoms with van der Waals surface area (Å²) in [5, 5.41) is 11.3. The molecule has 0 bridgehead atoms. The molecule has 1 atom stereocenters. The molecule has 1 unspecified atom stereocenters. The van der Waals surface area contributed by atoms with Crippen LogP contribution in [-0.2, 0) is 17.6 Å². The highest BCUT2D eigenvalue weighted by atomic mass is 16.3. The normalized spacial score (nSPS) is 16.6. The van der Waals surface area contributed by atoms with Gasteiger partial charge in [0.2, 0.25) is 5.91 Å². The SMILES string of the molecule is CCCc1ccc(N2CCN(C(=O)CO)C(Cc3ccccc3)C2)cc1N(N)C(C)C. The first-order valence-electron chi connectivity index (χ1n) is 11.3. The minimum atomic E-state index is -0.447. The zero-order valence-electron chi connectivity index (χ0n) is 19.0. The number of amides is 1.